The van der Waals surface area contributed by atoms with Crippen LogP contribution in [0.15, 0.2) is 18.2 Å². The summed E-state index contributed by atoms with van der Waals surface area (Å²) in [5, 5.41) is 21.8. The van der Waals surface area contributed by atoms with E-state index in [1.807, 2.05) is 0 Å². The summed E-state index contributed by atoms with van der Waals surface area (Å²) in [4.78, 5) is 20.6. The van der Waals surface area contributed by atoms with E-state index in [0.29, 0.717) is 11.5 Å². The summed E-state index contributed by atoms with van der Waals surface area (Å²) in [5.74, 6) is 3.20. The molecular weight excluding hydrogens is 288 g/mol. The number of non-ortho nitro benzene ring substituents is 1. The first-order chi connectivity index (χ1) is 10.6. The van der Waals surface area contributed by atoms with Gasteiger partial charge in [0.2, 0.25) is 0 Å². The first-order valence-electron chi connectivity index (χ1n) is 7.59. The molecule has 1 aromatic carbocycles. The van der Waals surface area contributed by atoms with E-state index in [2.05, 4.69) is 0 Å². The van der Waals surface area contributed by atoms with Crippen LogP contribution in [0.25, 0.3) is 0 Å². The Morgan fingerprint density at radius 1 is 1.09 bits per heavy atom. The van der Waals surface area contributed by atoms with Crippen molar-refractivity contribution < 1.29 is 14.6 Å². The summed E-state index contributed by atoms with van der Waals surface area (Å²) in [6.45, 7) is 0.152. The van der Waals surface area contributed by atoms with Gasteiger partial charge >= 0.3 is 0 Å². The Kier molecular flexibility index (Phi) is 2.94. The molecule has 0 amide bonds. The van der Waals surface area contributed by atoms with E-state index in [1.165, 1.54) is 25.0 Å². The third kappa shape index (κ3) is 1.85. The molecule has 5 atom stereocenters. The Hall–Kier alpha value is -2.02. The van der Waals surface area contributed by atoms with Crippen molar-refractivity contribution in [3.63, 3.8) is 0 Å². The zero-order valence-corrected chi connectivity index (χ0v) is 11.9. The van der Waals surface area contributed by atoms with E-state index in [9.17, 15) is 20.2 Å². The van der Waals surface area contributed by atoms with Gasteiger partial charge < -0.3 is 4.74 Å². The molecular formula is C15H16N2O5. The molecule has 3 aliphatic rings. The number of rotatable bonds is 5. The van der Waals surface area contributed by atoms with Crippen LogP contribution in [-0.4, -0.2) is 16.0 Å². The minimum absolute atomic E-state index is 0.152. The molecule has 0 bridgehead atoms. The Labute approximate surface area is 126 Å². The Morgan fingerprint density at radius 2 is 1.86 bits per heavy atom. The fourth-order valence-corrected chi connectivity index (χ4v) is 4.47. The predicted molar refractivity (Wildman–Crippen MR) is 76.1 cm³/mol. The average molecular weight is 304 g/mol. The molecule has 0 heterocycles. The standard InChI is InChI=1S/C15H16N2O5/c18-16(19)9-2-1-8(13(5-9)17(20)21)7-22-14-6-12-10-3-4-11(10)15(12)14/h1-2,5,10-12,14-15H,3-4,6-7H2/t10-,11-,12-,14-,15-/m0/s1. The second-order valence-electron chi connectivity index (χ2n) is 6.56. The molecule has 3 aliphatic carbocycles. The van der Waals surface area contributed by atoms with Gasteiger partial charge in [0, 0.05) is 6.07 Å². The fourth-order valence-electron chi connectivity index (χ4n) is 4.47. The van der Waals surface area contributed by atoms with Crippen LogP contribution >= 0.6 is 0 Å². The third-order valence-corrected chi connectivity index (χ3v) is 5.79. The highest BCUT2D eigenvalue weighted by molar-refractivity contribution is 5.48. The molecule has 0 N–H and O–H groups in total. The van der Waals surface area contributed by atoms with Crippen molar-refractivity contribution in [3.05, 3.63) is 44.0 Å². The summed E-state index contributed by atoms with van der Waals surface area (Å²) in [5.41, 5.74) is -0.0980. The molecule has 0 radical (unpaired) electrons. The first-order valence-corrected chi connectivity index (χ1v) is 7.59. The van der Waals surface area contributed by atoms with Gasteiger partial charge in [0.05, 0.1) is 34.2 Å². The number of benzene rings is 1. The Balaban J connectivity index is 1.44. The van der Waals surface area contributed by atoms with Crippen LogP contribution in [0.2, 0.25) is 0 Å². The maximum absolute atomic E-state index is 11.1. The van der Waals surface area contributed by atoms with Crippen molar-refractivity contribution in [1.29, 1.82) is 0 Å². The van der Waals surface area contributed by atoms with Gasteiger partial charge in [-0.3, -0.25) is 20.2 Å². The SMILES string of the molecule is O=[N+]([O-])c1ccc(CO[C@H]2C[C@H]3[C@H]4CC[C@@H]4[C@@H]32)c([N+](=O)[O-])c1. The summed E-state index contributed by atoms with van der Waals surface area (Å²) < 4.78 is 5.87. The molecule has 0 aromatic heterocycles. The zero-order chi connectivity index (χ0) is 15.4. The Bertz CT molecular complexity index is 655. The lowest BCUT2D eigenvalue weighted by Crippen LogP contribution is -2.65. The molecule has 3 saturated carbocycles. The average Bonchev–Trinajstić information content (AvgIpc) is 2.46. The monoisotopic (exact) mass is 304 g/mol. The van der Waals surface area contributed by atoms with Gasteiger partial charge in [-0.1, -0.05) is 0 Å². The molecule has 1 aromatic rings. The van der Waals surface area contributed by atoms with E-state index in [1.54, 1.807) is 0 Å². The smallest absolute Gasteiger partial charge is 0.281 e. The van der Waals surface area contributed by atoms with Crippen LogP contribution in [0.4, 0.5) is 11.4 Å². The molecule has 7 heteroatoms. The normalized spacial score (nSPS) is 34.5. The van der Waals surface area contributed by atoms with Crippen molar-refractivity contribution in [2.45, 2.75) is 32.0 Å². The number of hydrogen-bond donors (Lipinski definition) is 0. The number of hydrogen-bond acceptors (Lipinski definition) is 5. The third-order valence-electron chi connectivity index (χ3n) is 5.79. The summed E-state index contributed by atoms with van der Waals surface area (Å²) >= 11 is 0. The molecule has 22 heavy (non-hydrogen) atoms. The molecule has 0 aliphatic heterocycles. The highest BCUT2D eigenvalue weighted by Crippen LogP contribution is 2.67. The van der Waals surface area contributed by atoms with Crippen LogP contribution in [0.5, 0.6) is 0 Å². The van der Waals surface area contributed by atoms with Gasteiger partial charge in [-0.25, -0.2) is 0 Å². The van der Waals surface area contributed by atoms with E-state index < -0.39 is 9.85 Å². The quantitative estimate of drug-likeness (QED) is 0.615. The van der Waals surface area contributed by atoms with Gasteiger partial charge in [0.1, 0.15) is 0 Å². The molecule has 4 rings (SSSR count). The molecule has 116 valence electrons. The predicted octanol–water partition coefficient (Wildman–Crippen LogP) is 3.06. The molecule has 3 fully saturated rings. The molecule has 0 spiro atoms. The van der Waals surface area contributed by atoms with Gasteiger partial charge in [-0.15, -0.1) is 0 Å². The topological polar surface area (TPSA) is 95.5 Å². The van der Waals surface area contributed by atoms with E-state index in [0.717, 1.165) is 30.2 Å². The number of nitrogens with zero attached hydrogens (tertiary/aromatic N) is 2. The van der Waals surface area contributed by atoms with E-state index >= 15 is 0 Å². The largest absolute Gasteiger partial charge is 0.373 e. The highest BCUT2D eigenvalue weighted by Gasteiger charge is 2.64. The van der Waals surface area contributed by atoms with Crippen molar-refractivity contribution in [2.24, 2.45) is 23.7 Å². The zero-order valence-electron chi connectivity index (χ0n) is 11.9. The lowest BCUT2D eigenvalue weighted by Gasteiger charge is -2.68. The summed E-state index contributed by atoms with van der Waals surface area (Å²) in [6.07, 6.45) is 3.92. The minimum atomic E-state index is -0.626. The number of nitro benzene ring substituents is 2. The summed E-state index contributed by atoms with van der Waals surface area (Å²) in [7, 11) is 0. The molecule has 0 saturated heterocycles. The van der Waals surface area contributed by atoms with Gasteiger partial charge in [0.15, 0.2) is 0 Å². The van der Waals surface area contributed by atoms with E-state index in [4.69, 9.17) is 4.74 Å². The van der Waals surface area contributed by atoms with Crippen LogP contribution in [0, 0.1) is 43.9 Å². The first kappa shape index (κ1) is 13.6. The van der Waals surface area contributed by atoms with Gasteiger partial charge in [-0.05, 0) is 49.0 Å². The van der Waals surface area contributed by atoms with Crippen LogP contribution in [-0.2, 0) is 11.3 Å². The van der Waals surface area contributed by atoms with Gasteiger partial charge in [0.25, 0.3) is 11.4 Å². The van der Waals surface area contributed by atoms with E-state index in [-0.39, 0.29) is 24.1 Å². The van der Waals surface area contributed by atoms with Crippen molar-refractivity contribution in [1.82, 2.24) is 0 Å². The van der Waals surface area contributed by atoms with Crippen molar-refractivity contribution in [3.8, 4) is 0 Å². The maximum Gasteiger partial charge on any atom is 0.281 e. The van der Waals surface area contributed by atoms with Crippen LogP contribution in [0.1, 0.15) is 24.8 Å². The summed E-state index contributed by atoms with van der Waals surface area (Å²) in [6, 6.07) is 3.73. The minimum Gasteiger partial charge on any atom is -0.373 e. The Morgan fingerprint density at radius 3 is 2.45 bits per heavy atom. The lowest BCUT2D eigenvalue weighted by molar-refractivity contribution is -0.394. The number of fused-ring (bicyclic) bond motifs is 4. The molecule has 7 nitrogen and oxygen atoms in total. The highest BCUT2D eigenvalue weighted by atomic mass is 16.6. The van der Waals surface area contributed by atoms with Crippen LogP contribution in [0.3, 0.4) is 0 Å². The van der Waals surface area contributed by atoms with Crippen molar-refractivity contribution >= 4 is 11.4 Å². The van der Waals surface area contributed by atoms with Crippen molar-refractivity contribution in [2.75, 3.05) is 0 Å². The fraction of sp³-hybridized carbons (Fsp3) is 0.600. The molecule has 0 unspecified atom stereocenters. The maximum atomic E-state index is 11.1. The van der Waals surface area contributed by atoms with Gasteiger partial charge in [-0.2, -0.15) is 0 Å². The second kappa shape index (κ2) is 4.74. The number of ether oxygens (including phenoxy) is 1. The lowest BCUT2D eigenvalue weighted by atomic mass is 9.38. The number of nitro groups is 2. The van der Waals surface area contributed by atoms with Crippen LogP contribution < -0.4 is 0 Å². The second-order valence-corrected chi connectivity index (χ2v) is 6.56.